The fourth-order valence-electron chi connectivity index (χ4n) is 7.54. The maximum Gasteiger partial charge on any atom is 0.416 e. The summed E-state index contributed by atoms with van der Waals surface area (Å²) < 4.78 is 44.9. The van der Waals surface area contributed by atoms with E-state index in [0.29, 0.717) is 11.6 Å². The van der Waals surface area contributed by atoms with Gasteiger partial charge in [0, 0.05) is 39.0 Å². The zero-order chi connectivity index (χ0) is 35.0. The number of alkyl halides is 3. The summed E-state index contributed by atoms with van der Waals surface area (Å²) in [5.41, 5.74) is 7.18. The van der Waals surface area contributed by atoms with Crippen LogP contribution in [-0.4, -0.2) is 19.1 Å². The molecule has 3 heterocycles. The molecule has 0 aliphatic carbocycles. The van der Waals surface area contributed by atoms with Crippen molar-refractivity contribution in [1.29, 1.82) is 0 Å². The van der Waals surface area contributed by atoms with Crippen molar-refractivity contribution in [3.8, 4) is 34.0 Å². The molecule has 7 aromatic carbocycles. The molecule has 10 rings (SSSR count). The predicted molar refractivity (Wildman–Crippen MR) is 204 cm³/mol. The van der Waals surface area contributed by atoms with E-state index in [2.05, 4.69) is 89.5 Å². The van der Waals surface area contributed by atoms with Crippen LogP contribution in [0.2, 0.25) is 0 Å². The number of fused-ring (bicyclic) bond motifs is 6. The minimum atomic E-state index is -4.44. The number of aromatic nitrogens is 4. The van der Waals surface area contributed by atoms with Crippen LogP contribution in [0, 0.1) is 0 Å². The monoisotopic (exact) mass is 680 g/mol. The standard InChI is InChI=1S/C45H27F3N4/c46-45(47,48)32-11-8-12-33(26-32)51-24-23-31-25-38-36-14-4-6-18-40(36)52(42(38)27-41(31)51)44-49-39-17-5-3-15-37(39)43(50-44)30-21-19-29(20-22-30)35-16-7-10-28-9-1-2-13-34(28)35/h1-27H. The lowest BCUT2D eigenvalue weighted by Gasteiger charge is -2.13. The largest absolute Gasteiger partial charge is 0.416 e. The van der Waals surface area contributed by atoms with Crippen LogP contribution >= 0.6 is 0 Å². The van der Waals surface area contributed by atoms with Crippen molar-refractivity contribution in [1.82, 2.24) is 19.1 Å². The Kier molecular flexibility index (Phi) is 6.60. The number of rotatable bonds is 4. The highest BCUT2D eigenvalue weighted by atomic mass is 19.4. The quantitative estimate of drug-likeness (QED) is 0.185. The third-order valence-corrected chi connectivity index (χ3v) is 9.99. The van der Waals surface area contributed by atoms with E-state index in [1.807, 2.05) is 54.7 Å². The van der Waals surface area contributed by atoms with Crippen molar-refractivity contribution < 1.29 is 13.2 Å². The molecule has 0 atom stereocenters. The molecule has 0 spiro atoms. The summed E-state index contributed by atoms with van der Waals surface area (Å²) in [5.74, 6) is 0.509. The van der Waals surface area contributed by atoms with Crippen molar-refractivity contribution in [3.63, 3.8) is 0 Å². The van der Waals surface area contributed by atoms with Gasteiger partial charge < -0.3 is 4.57 Å². The minimum absolute atomic E-state index is 0.433. The minimum Gasteiger partial charge on any atom is -0.316 e. The van der Waals surface area contributed by atoms with Crippen LogP contribution in [0.3, 0.4) is 0 Å². The lowest BCUT2D eigenvalue weighted by atomic mass is 9.96. The number of para-hydroxylation sites is 2. The average molecular weight is 681 g/mol. The first kappa shape index (κ1) is 30.1. The first-order chi connectivity index (χ1) is 25.4. The van der Waals surface area contributed by atoms with E-state index >= 15 is 0 Å². The highest BCUT2D eigenvalue weighted by Crippen LogP contribution is 2.38. The molecule has 0 N–H and O–H groups in total. The van der Waals surface area contributed by atoms with Gasteiger partial charge in [0.25, 0.3) is 0 Å². The van der Waals surface area contributed by atoms with E-state index in [-0.39, 0.29) is 0 Å². The second kappa shape index (κ2) is 11.4. The van der Waals surface area contributed by atoms with Gasteiger partial charge in [-0.15, -0.1) is 0 Å². The van der Waals surface area contributed by atoms with Crippen LogP contribution in [0.1, 0.15) is 5.56 Å². The number of nitrogens with zero attached hydrogens (tertiary/aromatic N) is 4. The van der Waals surface area contributed by atoms with Crippen LogP contribution in [0.25, 0.3) is 88.4 Å². The maximum absolute atomic E-state index is 13.7. The molecule has 0 fully saturated rings. The van der Waals surface area contributed by atoms with Crippen LogP contribution in [0.15, 0.2) is 164 Å². The molecule has 3 aromatic heterocycles. The summed E-state index contributed by atoms with van der Waals surface area (Å²) in [4.78, 5) is 10.4. The lowest BCUT2D eigenvalue weighted by molar-refractivity contribution is -0.137. The van der Waals surface area contributed by atoms with Crippen molar-refractivity contribution >= 4 is 54.4 Å². The van der Waals surface area contributed by atoms with Gasteiger partial charge in [-0.2, -0.15) is 13.2 Å². The molecular formula is C45H27F3N4. The fraction of sp³-hybridized carbons (Fsp3) is 0.0222. The molecule has 10 aromatic rings. The molecule has 52 heavy (non-hydrogen) atoms. The SMILES string of the molecule is FC(F)(F)c1cccc(-n2ccc3cc4c5ccccc5n(-c5nc(-c6ccc(-c7cccc8ccccc78)cc6)c6ccccc6n5)c4cc32)c1. The van der Waals surface area contributed by atoms with Crippen LogP contribution in [0.4, 0.5) is 13.2 Å². The maximum atomic E-state index is 13.7. The molecule has 0 saturated carbocycles. The van der Waals surface area contributed by atoms with E-state index in [9.17, 15) is 13.2 Å². The van der Waals surface area contributed by atoms with Gasteiger partial charge in [0.05, 0.1) is 33.3 Å². The second-order valence-corrected chi connectivity index (χ2v) is 13.0. The summed E-state index contributed by atoms with van der Waals surface area (Å²) in [6.07, 6.45) is -2.63. The summed E-state index contributed by atoms with van der Waals surface area (Å²) in [7, 11) is 0. The van der Waals surface area contributed by atoms with Crippen LogP contribution in [-0.2, 0) is 6.18 Å². The molecular weight excluding hydrogens is 654 g/mol. The van der Waals surface area contributed by atoms with Gasteiger partial charge >= 0.3 is 6.18 Å². The molecule has 0 unspecified atom stereocenters. The zero-order valence-electron chi connectivity index (χ0n) is 27.5. The molecule has 248 valence electrons. The Hall–Kier alpha value is -6.73. The zero-order valence-corrected chi connectivity index (χ0v) is 27.5. The molecule has 0 aliphatic rings. The van der Waals surface area contributed by atoms with Crippen LogP contribution in [0.5, 0.6) is 0 Å². The number of benzene rings is 7. The van der Waals surface area contributed by atoms with Crippen molar-refractivity contribution in [2.75, 3.05) is 0 Å². The van der Waals surface area contributed by atoms with Gasteiger partial charge in [-0.05, 0) is 70.4 Å². The van der Waals surface area contributed by atoms with Gasteiger partial charge in [0.1, 0.15) is 0 Å². The first-order valence-electron chi connectivity index (χ1n) is 17.0. The third-order valence-electron chi connectivity index (χ3n) is 9.99. The van der Waals surface area contributed by atoms with E-state index < -0.39 is 11.7 Å². The lowest BCUT2D eigenvalue weighted by Crippen LogP contribution is -2.06. The molecule has 0 radical (unpaired) electrons. The molecule has 7 heteroatoms. The van der Waals surface area contributed by atoms with Crippen molar-refractivity contribution in [2.45, 2.75) is 6.18 Å². The normalized spacial score (nSPS) is 12.1. The van der Waals surface area contributed by atoms with Crippen LogP contribution < -0.4 is 0 Å². The molecule has 0 aliphatic heterocycles. The highest BCUT2D eigenvalue weighted by molar-refractivity contribution is 6.13. The van der Waals surface area contributed by atoms with E-state index in [0.717, 1.165) is 66.5 Å². The predicted octanol–water partition coefficient (Wildman–Crippen LogP) is 12.2. The summed E-state index contributed by atoms with van der Waals surface area (Å²) >= 11 is 0. The molecule has 0 bridgehead atoms. The Balaban J connectivity index is 1.17. The Morgan fingerprint density at radius 1 is 0.481 bits per heavy atom. The van der Waals surface area contributed by atoms with Gasteiger partial charge in [-0.25, -0.2) is 9.97 Å². The number of hydrogen-bond donors (Lipinski definition) is 0. The van der Waals surface area contributed by atoms with Gasteiger partial charge in [-0.1, -0.05) is 109 Å². The van der Waals surface area contributed by atoms with Gasteiger partial charge in [0.15, 0.2) is 0 Å². The van der Waals surface area contributed by atoms with Gasteiger partial charge in [0.2, 0.25) is 5.95 Å². The molecule has 4 nitrogen and oxygen atoms in total. The molecule has 0 amide bonds. The first-order valence-corrected chi connectivity index (χ1v) is 17.0. The summed E-state index contributed by atoms with van der Waals surface area (Å²) in [6.45, 7) is 0. The highest BCUT2D eigenvalue weighted by Gasteiger charge is 2.30. The van der Waals surface area contributed by atoms with Gasteiger partial charge in [-0.3, -0.25) is 4.57 Å². The molecule has 0 saturated heterocycles. The summed E-state index contributed by atoms with van der Waals surface area (Å²) in [5, 5.41) is 6.28. The average Bonchev–Trinajstić information content (AvgIpc) is 3.74. The number of halogens is 3. The number of hydrogen-bond acceptors (Lipinski definition) is 2. The van der Waals surface area contributed by atoms with E-state index in [1.165, 1.54) is 28.5 Å². The van der Waals surface area contributed by atoms with Crippen molar-refractivity contribution in [3.05, 3.63) is 169 Å². The summed E-state index contributed by atoms with van der Waals surface area (Å²) in [6, 6.07) is 50.9. The Labute approximate surface area is 295 Å². The Bertz CT molecular complexity index is 3000. The smallest absolute Gasteiger partial charge is 0.316 e. The Morgan fingerprint density at radius 2 is 1.19 bits per heavy atom. The fourth-order valence-corrected chi connectivity index (χ4v) is 7.54. The third kappa shape index (κ3) is 4.77. The van der Waals surface area contributed by atoms with Crippen molar-refractivity contribution in [2.24, 2.45) is 0 Å². The topological polar surface area (TPSA) is 35.6 Å². The Morgan fingerprint density at radius 3 is 2.04 bits per heavy atom. The second-order valence-electron chi connectivity index (χ2n) is 13.0. The van der Waals surface area contributed by atoms with E-state index in [4.69, 9.17) is 9.97 Å². The van der Waals surface area contributed by atoms with E-state index in [1.54, 1.807) is 10.6 Å².